The van der Waals surface area contributed by atoms with Crippen LogP contribution in [0.3, 0.4) is 0 Å². The molecule has 0 saturated heterocycles. The first kappa shape index (κ1) is 11.1. The summed E-state index contributed by atoms with van der Waals surface area (Å²) >= 11 is 0. The van der Waals surface area contributed by atoms with Crippen molar-refractivity contribution < 1.29 is 14.3 Å². The summed E-state index contributed by atoms with van der Waals surface area (Å²) in [4.78, 5) is 11.7. The molecule has 1 aromatic carbocycles. The second kappa shape index (κ2) is 4.21. The molecule has 1 aromatic heterocycles. The van der Waals surface area contributed by atoms with Gasteiger partial charge < -0.3 is 20.6 Å². The lowest BCUT2D eigenvalue weighted by Gasteiger charge is -2.06. The molecule has 2 rings (SSSR count). The van der Waals surface area contributed by atoms with Crippen LogP contribution in [0.2, 0.25) is 0 Å². The molecular formula is C12H12N2O3. The number of rotatable bonds is 2. The van der Waals surface area contributed by atoms with Crippen molar-refractivity contribution >= 4 is 17.5 Å². The smallest absolute Gasteiger partial charge is 0.291 e. The van der Waals surface area contributed by atoms with Crippen LogP contribution in [0, 0.1) is 6.92 Å². The van der Waals surface area contributed by atoms with E-state index in [0.717, 1.165) is 5.56 Å². The van der Waals surface area contributed by atoms with E-state index in [9.17, 15) is 9.90 Å². The summed E-state index contributed by atoms with van der Waals surface area (Å²) in [6.07, 6.45) is 0. The van der Waals surface area contributed by atoms with E-state index in [2.05, 4.69) is 5.32 Å². The Kier molecular flexibility index (Phi) is 2.74. The van der Waals surface area contributed by atoms with Gasteiger partial charge in [0.1, 0.15) is 5.75 Å². The first-order chi connectivity index (χ1) is 8.06. The van der Waals surface area contributed by atoms with Crippen LogP contribution in [-0.2, 0) is 0 Å². The number of hydrogen-bond acceptors (Lipinski definition) is 4. The van der Waals surface area contributed by atoms with Crippen molar-refractivity contribution in [2.24, 2.45) is 0 Å². The van der Waals surface area contributed by atoms with Gasteiger partial charge in [-0.15, -0.1) is 0 Å². The predicted molar refractivity (Wildman–Crippen MR) is 63.9 cm³/mol. The topological polar surface area (TPSA) is 88.5 Å². The van der Waals surface area contributed by atoms with Crippen molar-refractivity contribution in [3.63, 3.8) is 0 Å². The summed E-state index contributed by atoms with van der Waals surface area (Å²) in [5.41, 5.74) is 6.76. The monoisotopic (exact) mass is 232 g/mol. The molecule has 0 bridgehead atoms. The molecule has 0 radical (unpaired) electrons. The normalized spacial score (nSPS) is 10.2. The summed E-state index contributed by atoms with van der Waals surface area (Å²) in [6, 6.07) is 7.69. The van der Waals surface area contributed by atoms with E-state index in [1.807, 2.05) is 0 Å². The number of nitrogen functional groups attached to an aromatic ring is 1. The van der Waals surface area contributed by atoms with Crippen molar-refractivity contribution in [2.75, 3.05) is 11.1 Å². The number of carbonyl (C=O) groups is 1. The SMILES string of the molecule is Cc1cc(O)ccc1NC(=O)c1ccc(N)o1. The first-order valence-electron chi connectivity index (χ1n) is 5.02. The number of aryl methyl sites for hydroxylation is 1. The molecule has 5 heteroatoms. The Hall–Kier alpha value is -2.43. The zero-order valence-electron chi connectivity index (χ0n) is 9.23. The van der Waals surface area contributed by atoms with Gasteiger partial charge in [-0.2, -0.15) is 0 Å². The van der Waals surface area contributed by atoms with Gasteiger partial charge in [-0.1, -0.05) is 0 Å². The molecule has 0 saturated carbocycles. The number of anilines is 2. The van der Waals surface area contributed by atoms with Crippen molar-refractivity contribution in [2.45, 2.75) is 6.92 Å². The molecule has 0 aliphatic heterocycles. The van der Waals surface area contributed by atoms with Crippen LogP contribution in [0.5, 0.6) is 5.75 Å². The highest BCUT2D eigenvalue weighted by Gasteiger charge is 2.11. The minimum absolute atomic E-state index is 0.148. The molecule has 2 aromatic rings. The van der Waals surface area contributed by atoms with Crippen LogP contribution in [0.25, 0.3) is 0 Å². The second-order valence-electron chi connectivity index (χ2n) is 3.66. The molecule has 0 aliphatic carbocycles. The second-order valence-corrected chi connectivity index (χ2v) is 3.66. The maximum atomic E-state index is 11.7. The van der Waals surface area contributed by atoms with Gasteiger partial charge in [-0.3, -0.25) is 4.79 Å². The van der Waals surface area contributed by atoms with E-state index in [-0.39, 0.29) is 23.3 Å². The molecule has 0 fully saturated rings. The molecule has 1 heterocycles. The van der Waals surface area contributed by atoms with Gasteiger partial charge >= 0.3 is 0 Å². The molecule has 0 atom stereocenters. The van der Waals surface area contributed by atoms with E-state index < -0.39 is 0 Å². The van der Waals surface area contributed by atoms with Crippen molar-refractivity contribution in [3.8, 4) is 5.75 Å². The average molecular weight is 232 g/mol. The predicted octanol–water partition coefficient (Wildman–Crippen LogP) is 2.13. The maximum absolute atomic E-state index is 11.7. The third-order valence-corrected chi connectivity index (χ3v) is 2.31. The number of nitrogens with one attached hydrogen (secondary N) is 1. The molecule has 4 N–H and O–H groups in total. The van der Waals surface area contributed by atoms with E-state index in [1.165, 1.54) is 18.2 Å². The Morgan fingerprint density at radius 2 is 2.12 bits per heavy atom. The Bertz CT molecular complexity index is 561. The van der Waals surface area contributed by atoms with Crippen LogP contribution < -0.4 is 11.1 Å². The molecule has 17 heavy (non-hydrogen) atoms. The Balaban J connectivity index is 2.18. The van der Waals surface area contributed by atoms with Gasteiger partial charge in [0.15, 0.2) is 11.6 Å². The van der Waals surface area contributed by atoms with Gasteiger partial charge in [0.25, 0.3) is 5.91 Å². The molecule has 88 valence electrons. The number of nitrogens with two attached hydrogens (primary N) is 1. The number of benzene rings is 1. The van der Waals surface area contributed by atoms with Crippen LogP contribution in [-0.4, -0.2) is 11.0 Å². The molecule has 5 nitrogen and oxygen atoms in total. The van der Waals surface area contributed by atoms with Crippen LogP contribution in [0.4, 0.5) is 11.6 Å². The fraction of sp³-hybridized carbons (Fsp3) is 0.0833. The number of carbonyl (C=O) groups excluding carboxylic acids is 1. The Labute approximate surface area is 97.9 Å². The van der Waals surface area contributed by atoms with E-state index in [4.69, 9.17) is 10.2 Å². The summed E-state index contributed by atoms with van der Waals surface area (Å²) < 4.78 is 5.00. The fourth-order valence-corrected chi connectivity index (χ4v) is 1.45. The number of amides is 1. The molecule has 0 aliphatic rings. The number of phenolic OH excluding ortho intramolecular Hbond substituents is 1. The van der Waals surface area contributed by atoms with Gasteiger partial charge in [-0.25, -0.2) is 0 Å². The fourth-order valence-electron chi connectivity index (χ4n) is 1.45. The van der Waals surface area contributed by atoms with Crippen LogP contribution in [0.1, 0.15) is 16.1 Å². The minimum atomic E-state index is -0.379. The van der Waals surface area contributed by atoms with E-state index in [1.54, 1.807) is 19.1 Å². The van der Waals surface area contributed by atoms with E-state index >= 15 is 0 Å². The molecule has 1 amide bonds. The lowest BCUT2D eigenvalue weighted by atomic mass is 10.2. The molecule has 0 unspecified atom stereocenters. The van der Waals surface area contributed by atoms with Crippen molar-refractivity contribution in [3.05, 3.63) is 41.7 Å². The van der Waals surface area contributed by atoms with Crippen LogP contribution >= 0.6 is 0 Å². The summed E-state index contributed by atoms with van der Waals surface area (Å²) in [6.45, 7) is 1.78. The highest BCUT2D eigenvalue weighted by molar-refractivity contribution is 6.02. The number of hydrogen-bond donors (Lipinski definition) is 3. The molecular weight excluding hydrogens is 220 g/mol. The third-order valence-electron chi connectivity index (χ3n) is 2.31. The zero-order chi connectivity index (χ0) is 12.4. The highest BCUT2D eigenvalue weighted by Crippen LogP contribution is 2.21. The number of phenols is 1. The quantitative estimate of drug-likeness (QED) is 0.692. The zero-order valence-corrected chi connectivity index (χ0v) is 9.23. The average Bonchev–Trinajstić information content (AvgIpc) is 2.69. The van der Waals surface area contributed by atoms with Crippen molar-refractivity contribution in [1.82, 2.24) is 0 Å². The lowest BCUT2D eigenvalue weighted by molar-refractivity contribution is 0.0997. The first-order valence-corrected chi connectivity index (χ1v) is 5.02. The largest absolute Gasteiger partial charge is 0.508 e. The van der Waals surface area contributed by atoms with E-state index in [0.29, 0.717) is 5.69 Å². The highest BCUT2D eigenvalue weighted by atomic mass is 16.4. The maximum Gasteiger partial charge on any atom is 0.291 e. The van der Waals surface area contributed by atoms with Crippen LogP contribution in [0.15, 0.2) is 34.7 Å². The Morgan fingerprint density at radius 1 is 1.35 bits per heavy atom. The third kappa shape index (κ3) is 2.39. The van der Waals surface area contributed by atoms with Gasteiger partial charge in [-0.05, 0) is 36.8 Å². The summed E-state index contributed by atoms with van der Waals surface area (Å²) in [5.74, 6) is 0.116. The van der Waals surface area contributed by atoms with Gasteiger partial charge in [0, 0.05) is 11.8 Å². The van der Waals surface area contributed by atoms with Gasteiger partial charge in [0.2, 0.25) is 0 Å². The number of aromatic hydroxyl groups is 1. The number of furan rings is 1. The standard InChI is InChI=1S/C12H12N2O3/c1-7-6-8(15)2-3-9(7)14-12(16)10-4-5-11(13)17-10/h2-6,15H,13H2,1H3,(H,14,16). The Morgan fingerprint density at radius 3 is 2.71 bits per heavy atom. The molecule has 0 spiro atoms. The van der Waals surface area contributed by atoms with Crippen molar-refractivity contribution in [1.29, 1.82) is 0 Å². The lowest BCUT2D eigenvalue weighted by Crippen LogP contribution is -2.11. The van der Waals surface area contributed by atoms with Gasteiger partial charge in [0.05, 0.1) is 0 Å². The summed E-state index contributed by atoms with van der Waals surface area (Å²) in [7, 11) is 0. The summed E-state index contributed by atoms with van der Waals surface area (Å²) in [5, 5.41) is 11.9. The minimum Gasteiger partial charge on any atom is -0.508 e.